The van der Waals surface area contributed by atoms with Crippen LogP contribution in [0.2, 0.25) is 0 Å². The van der Waals surface area contributed by atoms with Crippen molar-refractivity contribution in [3.8, 4) is 5.75 Å². The maximum atomic E-state index is 5.20. The molecule has 0 aliphatic carbocycles. The summed E-state index contributed by atoms with van der Waals surface area (Å²) in [6, 6.07) is 8.47. The van der Waals surface area contributed by atoms with E-state index in [4.69, 9.17) is 4.74 Å². The highest BCUT2D eigenvalue weighted by molar-refractivity contribution is 5.28. The van der Waals surface area contributed by atoms with E-state index in [1.54, 1.807) is 7.11 Å². The van der Waals surface area contributed by atoms with Gasteiger partial charge in [-0.2, -0.15) is 0 Å². The Balaban J connectivity index is 2.12. The van der Waals surface area contributed by atoms with Gasteiger partial charge in [-0.3, -0.25) is 0 Å². The van der Waals surface area contributed by atoms with Crippen molar-refractivity contribution in [2.24, 2.45) is 5.92 Å². The van der Waals surface area contributed by atoms with Crippen LogP contribution in [0.4, 0.5) is 0 Å². The maximum Gasteiger partial charge on any atom is 0.118 e. The van der Waals surface area contributed by atoms with Gasteiger partial charge < -0.3 is 10.1 Å². The van der Waals surface area contributed by atoms with Crippen molar-refractivity contribution in [3.63, 3.8) is 0 Å². The molecule has 1 N–H and O–H groups in total. The lowest BCUT2D eigenvalue weighted by Gasteiger charge is -2.34. The van der Waals surface area contributed by atoms with Gasteiger partial charge in [-0.25, -0.2) is 0 Å². The van der Waals surface area contributed by atoms with E-state index in [0.717, 1.165) is 18.7 Å². The Hall–Kier alpha value is -1.02. The largest absolute Gasteiger partial charge is 0.497 e. The fraction of sp³-hybridized carbons (Fsp3) is 0.600. The first-order valence-corrected chi connectivity index (χ1v) is 6.54. The van der Waals surface area contributed by atoms with Gasteiger partial charge in [-0.1, -0.05) is 26.0 Å². The van der Waals surface area contributed by atoms with Gasteiger partial charge >= 0.3 is 0 Å². The molecule has 0 saturated carbocycles. The number of hydrogen-bond acceptors (Lipinski definition) is 2. The molecule has 1 aromatic carbocycles. The van der Waals surface area contributed by atoms with Crippen molar-refractivity contribution in [3.05, 3.63) is 29.8 Å². The molecule has 0 aromatic heterocycles. The number of methoxy groups -OCH3 is 1. The standard InChI is InChI=1S/C15H23NO/c1-12(2)15(9-4-10-16-15)11-13-5-7-14(17-3)8-6-13/h5-8,12,16H,4,9-11H2,1-3H3. The molecule has 1 fully saturated rings. The zero-order valence-corrected chi connectivity index (χ0v) is 11.1. The van der Waals surface area contributed by atoms with Crippen LogP contribution in [0, 0.1) is 5.92 Å². The lowest BCUT2D eigenvalue weighted by atomic mass is 9.80. The molecule has 1 aliphatic heterocycles. The third-order valence-electron chi connectivity index (χ3n) is 4.06. The molecule has 0 spiro atoms. The predicted octanol–water partition coefficient (Wildman–Crippen LogP) is 3.02. The van der Waals surface area contributed by atoms with Gasteiger partial charge in [0.1, 0.15) is 5.75 Å². The second kappa shape index (κ2) is 5.09. The average Bonchev–Trinajstić information content (AvgIpc) is 2.80. The quantitative estimate of drug-likeness (QED) is 0.863. The molecule has 1 aliphatic rings. The van der Waals surface area contributed by atoms with E-state index in [1.807, 2.05) is 0 Å². The summed E-state index contributed by atoms with van der Waals surface area (Å²) < 4.78 is 5.20. The Morgan fingerprint density at radius 3 is 2.47 bits per heavy atom. The lowest BCUT2D eigenvalue weighted by Crippen LogP contribution is -2.46. The van der Waals surface area contributed by atoms with Crippen LogP contribution in [-0.2, 0) is 6.42 Å². The number of ether oxygens (including phenoxy) is 1. The van der Waals surface area contributed by atoms with Gasteiger partial charge in [0.15, 0.2) is 0 Å². The molecule has 2 nitrogen and oxygen atoms in total. The van der Waals surface area contributed by atoms with Crippen molar-refractivity contribution in [2.75, 3.05) is 13.7 Å². The summed E-state index contributed by atoms with van der Waals surface area (Å²) in [6.45, 7) is 5.80. The molecular formula is C15H23NO. The Kier molecular flexibility index (Phi) is 3.72. The van der Waals surface area contributed by atoms with E-state index in [9.17, 15) is 0 Å². The van der Waals surface area contributed by atoms with Gasteiger partial charge in [-0.05, 0) is 49.4 Å². The van der Waals surface area contributed by atoms with Crippen LogP contribution >= 0.6 is 0 Å². The molecule has 1 saturated heterocycles. The molecule has 1 heterocycles. The van der Waals surface area contributed by atoms with Gasteiger partial charge in [0.2, 0.25) is 0 Å². The monoisotopic (exact) mass is 233 g/mol. The normalized spacial score (nSPS) is 24.2. The Morgan fingerprint density at radius 1 is 1.29 bits per heavy atom. The molecule has 2 rings (SSSR count). The molecule has 94 valence electrons. The third kappa shape index (κ3) is 2.63. The van der Waals surface area contributed by atoms with Crippen molar-refractivity contribution in [1.29, 1.82) is 0 Å². The van der Waals surface area contributed by atoms with E-state index in [0.29, 0.717) is 11.5 Å². The second-order valence-electron chi connectivity index (χ2n) is 5.37. The molecule has 1 unspecified atom stereocenters. The molecule has 2 heteroatoms. The van der Waals surface area contributed by atoms with E-state index in [2.05, 4.69) is 43.4 Å². The minimum absolute atomic E-state index is 0.300. The lowest BCUT2D eigenvalue weighted by molar-refractivity contribution is 0.269. The number of hydrogen-bond donors (Lipinski definition) is 1. The van der Waals surface area contributed by atoms with Crippen molar-refractivity contribution in [2.45, 2.75) is 38.6 Å². The maximum absolute atomic E-state index is 5.20. The van der Waals surface area contributed by atoms with Gasteiger partial charge in [0.05, 0.1) is 7.11 Å². The van der Waals surface area contributed by atoms with E-state index in [-0.39, 0.29) is 0 Å². The second-order valence-corrected chi connectivity index (χ2v) is 5.37. The van der Waals surface area contributed by atoms with E-state index < -0.39 is 0 Å². The molecule has 1 atom stereocenters. The van der Waals surface area contributed by atoms with Gasteiger partial charge in [0.25, 0.3) is 0 Å². The van der Waals surface area contributed by atoms with Gasteiger partial charge in [0, 0.05) is 5.54 Å². The molecule has 0 bridgehead atoms. The summed E-state index contributed by atoms with van der Waals surface area (Å²) in [5.41, 5.74) is 1.70. The number of rotatable bonds is 4. The molecule has 1 aromatic rings. The predicted molar refractivity (Wildman–Crippen MR) is 71.5 cm³/mol. The van der Waals surface area contributed by atoms with Crippen LogP contribution in [0.15, 0.2) is 24.3 Å². The minimum atomic E-state index is 0.300. The molecule has 0 radical (unpaired) electrons. The summed E-state index contributed by atoms with van der Waals surface area (Å²) in [5.74, 6) is 1.61. The highest BCUT2D eigenvalue weighted by Gasteiger charge is 2.36. The molecule has 0 amide bonds. The Bertz CT molecular complexity index is 350. The highest BCUT2D eigenvalue weighted by Crippen LogP contribution is 2.31. The average molecular weight is 233 g/mol. The first-order chi connectivity index (χ1) is 8.16. The van der Waals surface area contributed by atoms with Crippen LogP contribution in [0.25, 0.3) is 0 Å². The van der Waals surface area contributed by atoms with Crippen LogP contribution in [0.5, 0.6) is 5.75 Å². The van der Waals surface area contributed by atoms with Crippen LogP contribution in [0.3, 0.4) is 0 Å². The van der Waals surface area contributed by atoms with Crippen molar-refractivity contribution < 1.29 is 4.74 Å². The fourth-order valence-corrected chi connectivity index (χ4v) is 2.79. The summed E-state index contributed by atoms with van der Waals surface area (Å²) in [5, 5.41) is 3.72. The first-order valence-electron chi connectivity index (χ1n) is 6.54. The Labute approximate surface area is 104 Å². The van der Waals surface area contributed by atoms with Gasteiger partial charge in [-0.15, -0.1) is 0 Å². The van der Waals surface area contributed by atoms with Crippen LogP contribution < -0.4 is 10.1 Å². The molecular weight excluding hydrogens is 210 g/mol. The first kappa shape index (κ1) is 12.4. The third-order valence-corrected chi connectivity index (χ3v) is 4.06. The Morgan fingerprint density at radius 2 is 2.00 bits per heavy atom. The minimum Gasteiger partial charge on any atom is -0.497 e. The smallest absolute Gasteiger partial charge is 0.118 e. The summed E-state index contributed by atoms with van der Waals surface area (Å²) in [7, 11) is 1.71. The van der Waals surface area contributed by atoms with Crippen molar-refractivity contribution in [1.82, 2.24) is 5.32 Å². The topological polar surface area (TPSA) is 21.3 Å². The van der Waals surface area contributed by atoms with Crippen LogP contribution in [0.1, 0.15) is 32.3 Å². The summed E-state index contributed by atoms with van der Waals surface area (Å²) in [4.78, 5) is 0. The zero-order valence-electron chi connectivity index (χ0n) is 11.1. The zero-order chi connectivity index (χ0) is 12.3. The summed E-state index contributed by atoms with van der Waals surface area (Å²) in [6.07, 6.45) is 3.71. The number of nitrogens with one attached hydrogen (secondary N) is 1. The SMILES string of the molecule is COc1ccc(CC2(C(C)C)CCCN2)cc1. The van der Waals surface area contributed by atoms with E-state index in [1.165, 1.54) is 18.4 Å². The molecule has 17 heavy (non-hydrogen) atoms. The van der Waals surface area contributed by atoms with E-state index >= 15 is 0 Å². The van der Waals surface area contributed by atoms with Crippen molar-refractivity contribution >= 4 is 0 Å². The highest BCUT2D eigenvalue weighted by atomic mass is 16.5. The van der Waals surface area contributed by atoms with Crippen LogP contribution in [-0.4, -0.2) is 19.2 Å². The summed E-state index contributed by atoms with van der Waals surface area (Å²) >= 11 is 0. The fourth-order valence-electron chi connectivity index (χ4n) is 2.79. The number of benzene rings is 1.